The number of rotatable bonds is 5. The zero-order chi connectivity index (χ0) is 13.8. The molecule has 1 heterocycles. The van der Waals surface area contributed by atoms with Gasteiger partial charge in [-0.1, -0.05) is 32.0 Å². The summed E-state index contributed by atoms with van der Waals surface area (Å²) in [7, 11) is 0. The van der Waals surface area contributed by atoms with Crippen LogP contribution in [0.1, 0.15) is 32.0 Å². The van der Waals surface area contributed by atoms with E-state index in [9.17, 15) is 0 Å². The van der Waals surface area contributed by atoms with Crippen LogP contribution in [-0.2, 0) is 13.1 Å². The van der Waals surface area contributed by atoms with Crippen LogP contribution in [0.25, 0.3) is 11.1 Å². The quantitative estimate of drug-likeness (QED) is 0.890. The van der Waals surface area contributed by atoms with E-state index in [4.69, 9.17) is 0 Å². The molecule has 0 amide bonds. The van der Waals surface area contributed by atoms with Gasteiger partial charge in [-0.05, 0) is 31.0 Å². The molecule has 0 atom stereocenters. The molecule has 0 radical (unpaired) electrons. The molecule has 3 nitrogen and oxygen atoms in total. The van der Waals surface area contributed by atoms with Gasteiger partial charge in [0.15, 0.2) is 0 Å². The molecule has 1 N–H and O–H groups in total. The highest BCUT2D eigenvalue weighted by Gasteiger charge is 2.07. The van der Waals surface area contributed by atoms with E-state index in [1.54, 1.807) is 0 Å². The Balaban J connectivity index is 2.24. The molecule has 0 aliphatic heterocycles. The van der Waals surface area contributed by atoms with E-state index in [-0.39, 0.29) is 0 Å². The summed E-state index contributed by atoms with van der Waals surface area (Å²) in [6.45, 7) is 10.3. The molecule has 0 unspecified atom stereocenters. The minimum atomic E-state index is 0.508. The summed E-state index contributed by atoms with van der Waals surface area (Å²) in [5.41, 5.74) is 4.89. The lowest BCUT2D eigenvalue weighted by atomic mass is 10.0. The van der Waals surface area contributed by atoms with Crippen molar-refractivity contribution in [2.24, 2.45) is 0 Å². The topological polar surface area (TPSA) is 29.9 Å². The van der Waals surface area contributed by atoms with Gasteiger partial charge in [0.1, 0.15) is 0 Å². The molecule has 0 fully saturated rings. The van der Waals surface area contributed by atoms with Crippen molar-refractivity contribution in [3.63, 3.8) is 0 Å². The van der Waals surface area contributed by atoms with Gasteiger partial charge in [-0.2, -0.15) is 5.10 Å². The monoisotopic (exact) mass is 257 g/mol. The van der Waals surface area contributed by atoms with Crippen molar-refractivity contribution in [3.05, 3.63) is 41.7 Å². The highest BCUT2D eigenvalue weighted by Crippen LogP contribution is 2.23. The Bertz CT molecular complexity index is 541. The van der Waals surface area contributed by atoms with Crippen molar-refractivity contribution in [2.75, 3.05) is 0 Å². The third-order valence-electron chi connectivity index (χ3n) is 3.22. The van der Waals surface area contributed by atoms with E-state index < -0.39 is 0 Å². The van der Waals surface area contributed by atoms with E-state index in [0.29, 0.717) is 6.04 Å². The van der Waals surface area contributed by atoms with Crippen molar-refractivity contribution in [2.45, 2.75) is 46.8 Å². The SMILES string of the molecule is CCn1cc(-c2cccc(CNC(C)C)c2)c(C)n1. The van der Waals surface area contributed by atoms with Crippen LogP contribution in [0, 0.1) is 6.92 Å². The smallest absolute Gasteiger partial charge is 0.0672 e. The summed E-state index contributed by atoms with van der Waals surface area (Å²) in [6.07, 6.45) is 2.13. The third-order valence-corrected chi connectivity index (χ3v) is 3.22. The van der Waals surface area contributed by atoms with Crippen LogP contribution in [0.3, 0.4) is 0 Å². The van der Waals surface area contributed by atoms with Gasteiger partial charge in [0.2, 0.25) is 0 Å². The normalized spacial score (nSPS) is 11.2. The lowest BCUT2D eigenvalue weighted by Crippen LogP contribution is -2.21. The molecule has 1 aromatic carbocycles. The van der Waals surface area contributed by atoms with E-state index in [1.165, 1.54) is 16.7 Å². The largest absolute Gasteiger partial charge is 0.310 e. The highest BCUT2D eigenvalue weighted by molar-refractivity contribution is 5.65. The first kappa shape index (κ1) is 13.8. The van der Waals surface area contributed by atoms with Crippen LogP contribution in [0.5, 0.6) is 0 Å². The third kappa shape index (κ3) is 3.44. The molecule has 0 saturated heterocycles. The first-order valence-electron chi connectivity index (χ1n) is 6.97. The second kappa shape index (κ2) is 6.02. The average Bonchev–Trinajstić information content (AvgIpc) is 2.78. The molecular formula is C16H23N3. The Morgan fingerprint density at radius 2 is 2.11 bits per heavy atom. The standard InChI is InChI=1S/C16H23N3/c1-5-19-11-16(13(4)18-19)15-8-6-7-14(9-15)10-17-12(2)3/h6-9,11-12,17H,5,10H2,1-4H3. The summed E-state index contributed by atoms with van der Waals surface area (Å²) in [5.74, 6) is 0. The molecule has 1 aromatic heterocycles. The van der Waals surface area contributed by atoms with Gasteiger partial charge in [-0.3, -0.25) is 4.68 Å². The van der Waals surface area contributed by atoms with Crippen LogP contribution >= 0.6 is 0 Å². The van der Waals surface area contributed by atoms with E-state index in [0.717, 1.165) is 18.8 Å². The minimum Gasteiger partial charge on any atom is -0.310 e. The number of aromatic nitrogens is 2. The molecule has 0 spiro atoms. The van der Waals surface area contributed by atoms with Crippen LogP contribution in [0.4, 0.5) is 0 Å². The fraction of sp³-hybridized carbons (Fsp3) is 0.438. The van der Waals surface area contributed by atoms with Crippen LogP contribution in [0.15, 0.2) is 30.5 Å². The predicted molar refractivity (Wildman–Crippen MR) is 80.0 cm³/mol. The number of benzene rings is 1. The van der Waals surface area contributed by atoms with Gasteiger partial charge in [-0.25, -0.2) is 0 Å². The Kier molecular flexibility index (Phi) is 4.38. The molecule has 0 aliphatic rings. The Hall–Kier alpha value is -1.61. The number of nitrogens with zero attached hydrogens (tertiary/aromatic N) is 2. The highest BCUT2D eigenvalue weighted by atomic mass is 15.3. The van der Waals surface area contributed by atoms with Gasteiger partial charge in [0, 0.05) is 30.9 Å². The summed E-state index contributed by atoms with van der Waals surface area (Å²) in [6, 6.07) is 9.20. The Morgan fingerprint density at radius 1 is 1.32 bits per heavy atom. The first-order valence-corrected chi connectivity index (χ1v) is 6.97. The van der Waals surface area contributed by atoms with Gasteiger partial charge < -0.3 is 5.32 Å². The number of hydrogen-bond acceptors (Lipinski definition) is 2. The van der Waals surface area contributed by atoms with E-state index in [2.05, 4.69) is 68.6 Å². The molecule has 0 aliphatic carbocycles. The van der Waals surface area contributed by atoms with Crippen LogP contribution in [-0.4, -0.2) is 15.8 Å². The number of aryl methyl sites for hydroxylation is 2. The second-order valence-electron chi connectivity index (χ2n) is 5.22. The fourth-order valence-electron chi connectivity index (χ4n) is 2.13. The van der Waals surface area contributed by atoms with Crippen molar-refractivity contribution in [1.29, 1.82) is 0 Å². The second-order valence-corrected chi connectivity index (χ2v) is 5.22. The molecule has 2 aromatic rings. The van der Waals surface area contributed by atoms with Crippen LogP contribution < -0.4 is 5.32 Å². The minimum absolute atomic E-state index is 0.508. The fourth-order valence-corrected chi connectivity index (χ4v) is 2.13. The summed E-state index contributed by atoms with van der Waals surface area (Å²) < 4.78 is 1.99. The Morgan fingerprint density at radius 3 is 2.74 bits per heavy atom. The predicted octanol–water partition coefficient (Wildman–Crippen LogP) is 3.38. The van der Waals surface area contributed by atoms with Gasteiger partial charge in [0.25, 0.3) is 0 Å². The molecule has 102 valence electrons. The molecule has 2 rings (SSSR count). The van der Waals surface area contributed by atoms with Crippen molar-refractivity contribution >= 4 is 0 Å². The number of hydrogen-bond donors (Lipinski definition) is 1. The zero-order valence-corrected chi connectivity index (χ0v) is 12.3. The average molecular weight is 257 g/mol. The van der Waals surface area contributed by atoms with Gasteiger partial charge in [-0.15, -0.1) is 0 Å². The maximum Gasteiger partial charge on any atom is 0.0672 e. The molecule has 3 heteroatoms. The van der Waals surface area contributed by atoms with E-state index in [1.807, 2.05) is 4.68 Å². The molecule has 19 heavy (non-hydrogen) atoms. The summed E-state index contributed by atoms with van der Waals surface area (Å²) in [5, 5.41) is 7.96. The lowest BCUT2D eigenvalue weighted by molar-refractivity contribution is 0.589. The number of nitrogens with one attached hydrogen (secondary N) is 1. The lowest BCUT2D eigenvalue weighted by Gasteiger charge is -2.09. The maximum atomic E-state index is 4.51. The molecule has 0 saturated carbocycles. The van der Waals surface area contributed by atoms with Crippen LogP contribution in [0.2, 0.25) is 0 Å². The Labute approximate surface area is 115 Å². The van der Waals surface area contributed by atoms with Crippen molar-refractivity contribution < 1.29 is 0 Å². The van der Waals surface area contributed by atoms with Gasteiger partial charge in [0.05, 0.1) is 5.69 Å². The van der Waals surface area contributed by atoms with E-state index >= 15 is 0 Å². The summed E-state index contributed by atoms with van der Waals surface area (Å²) in [4.78, 5) is 0. The molecular weight excluding hydrogens is 234 g/mol. The summed E-state index contributed by atoms with van der Waals surface area (Å²) >= 11 is 0. The first-order chi connectivity index (χ1) is 9.10. The maximum absolute atomic E-state index is 4.51. The molecule has 0 bridgehead atoms. The van der Waals surface area contributed by atoms with Gasteiger partial charge >= 0.3 is 0 Å². The zero-order valence-electron chi connectivity index (χ0n) is 12.3. The van der Waals surface area contributed by atoms with Crippen molar-refractivity contribution in [1.82, 2.24) is 15.1 Å². The van der Waals surface area contributed by atoms with Crippen molar-refractivity contribution in [3.8, 4) is 11.1 Å².